The highest BCUT2D eigenvalue weighted by Crippen LogP contribution is 2.20. The van der Waals surface area contributed by atoms with Crippen molar-refractivity contribution in [3.63, 3.8) is 0 Å². The van der Waals surface area contributed by atoms with E-state index in [4.69, 9.17) is 5.11 Å². The number of aliphatic carboxylic acids is 1. The summed E-state index contributed by atoms with van der Waals surface area (Å²) in [6.45, 7) is 9.34. The molecular weight excluding hydrogens is 232 g/mol. The Kier molecular flexibility index (Phi) is 4.16. The highest BCUT2D eigenvalue weighted by atomic mass is 16.4. The Hall–Kier alpha value is -1.78. The van der Waals surface area contributed by atoms with Crippen molar-refractivity contribution >= 4 is 11.9 Å². The van der Waals surface area contributed by atoms with Crippen LogP contribution in [0.3, 0.4) is 0 Å². The molecule has 100 valence electrons. The zero-order chi connectivity index (χ0) is 14.0. The van der Waals surface area contributed by atoms with Gasteiger partial charge in [0.05, 0.1) is 5.56 Å². The molecule has 0 spiro atoms. The lowest BCUT2D eigenvalue weighted by atomic mass is 10.2. The van der Waals surface area contributed by atoms with Crippen molar-refractivity contribution in [1.82, 2.24) is 9.88 Å². The van der Waals surface area contributed by atoms with E-state index in [1.807, 2.05) is 27.7 Å². The topological polar surface area (TPSA) is 71.3 Å². The predicted octanol–water partition coefficient (Wildman–Crippen LogP) is 1.89. The summed E-state index contributed by atoms with van der Waals surface area (Å²) in [6.07, 6.45) is 0. The van der Waals surface area contributed by atoms with Crippen molar-refractivity contribution in [1.29, 1.82) is 0 Å². The van der Waals surface area contributed by atoms with Crippen LogP contribution in [0.25, 0.3) is 0 Å². The van der Waals surface area contributed by atoms with Gasteiger partial charge in [0.2, 0.25) is 0 Å². The molecule has 0 saturated heterocycles. The van der Waals surface area contributed by atoms with E-state index < -0.39 is 12.0 Å². The molecule has 0 saturated carbocycles. The van der Waals surface area contributed by atoms with Gasteiger partial charge in [0.15, 0.2) is 0 Å². The van der Waals surface area contributed by atoms with Crippen molar-refractivity contribution in [2.75, 3.05) is 0 Å². The standard InChI is InChI=1S/C13H20N2O3/c1-7(2)15-8(3)6-11(10(15)5)12(16)14-9(4)13(17)18/h6-7,9H,1-5H3,(H,14,16)(H,17,18)/t9-/m1/s1. The van der Waals surface area contributed by atoms with Crippen LogP contribution in [0.4, 0.5) is 0 Å². The van der Waals surface area contributed by atoms with Crippen molar-refractivity contribution in [2.24, 2.45) is 0 Å². The molecule has 0 bridgehead atoms. The summed E-state index contributed by atoms with van der Waals surface area (Å²) < 4.78 is 2.06. The van der Waals surface area contributed by atoms with E-state index in [0.29, 0.717) is 5.56 Å². The fourth-order valence-electron chi connectivity index (χ4n) is 2.14. The molecule has 0 fully saturated rings. The number of carbonyl (C=O) groups is 2. The molecule has 1 amide bonds. The van der Waals surface area contributed by atoms with Gasteiger partial charge in [-0.2, -0.15) is 0 Å². The minimum absolute atomic E-state index is 0.267. The first-order valence-corrected chi connectivity index (χ1v) is 5.97. The molecule has 0 unspecified atom stereocenters. The molecule has 18 heavy (non-hydrogen) atoms. The van der Waals surface area contributed by atoms with Gasteiger partial charge in [0, 0.05) is 17.4 Å². The van der Waals surface area contributed by atoms with E-state index in [2.05, 4.69) is 9.88 Å². The Bertz CT molecular complexity index is 475. The minimum Gasteiger partial charge on any atom is -0.480 e. The maximum atomic E-state index is 12.0. The zero-order valence-electron chi connectivity index (χ0n) is 11.4. The quantitative estimate of drug-likeness (QED) is 0.859. The van der Waals surface area contributed by atoms with Crippen LogP contribution >= 0.6 is 0 Å². The number of carboxylic acids is 1. The highest BCUT2D eigenvalue weighted by molar-refractivity contribution is 5.97. The number of rotatable bonds is 4. The smallest absolute Gasteiger partial charge is 0.325 e. The number of hydrogen-bond acceptors (Lipinski definition) is 2. The Morgan fingerprint density at radius 3 is 2.22 bits per heavy atom. The van der Waals surface area contributed by atoms with Gasteiger partial charge in [0.1, 0.15) is 6.04 Å². The van der Waals surface area contributed by atoms with Crippen LogP contribution < -0.4 is 5.32 Å². The first-order valence-electron chi connectivity index (χ1n) is 5.97. The average molecular weight is 252 g/mol. The SMILES string of the molecule is Cc1cc(C(=O)N[C@H](C)C(=O)O)c(C)n1C(C)C. The minimum atomic E-state index is -1.04. The number of nitrogens with one attached hydrogen (secondary N) is 1. The lowest BCUT2D eigenvalue weighted by Gasteiger charge is -2.14. The van der Waals surface area contributed by atoms with Crippen LogP contribution in [0.1, 0.15) is 48.6 Å². The maximum absolute atomic E-state index is 12.0. The second kappa shape index (κ2) is 5.25. The lowest BCUT2D eigenvalue weighted by molar-refractivity contribution is -0.138. The van der Waals surface area contributed by atoms with E-state index >= 15 is 0 Å². The van der Waals surface area contributed by atoms with Crippen LogP contribution in [-0.2, 0) is 4.79 Å². The molecule has 1 aromatic heterocycles. The third-order valence-corrected chi connectivity index (χ3v) is 2.96. The molecule has 5 heteroatoms. The molecule has 0 aromatic carbocycles. The fraction of sp³-hybridized carbons (Fsp3) is 0.538. The van der Waals surface area contributed by atoms with E-state index in [0.717, 1.165) is 11.4 Å². The number of carboxylic acid groups (broad SMARTS) is 1. The predicted molar refractivity (Wildman–Crippen MR) is 68.9 cm³/mol. The van der Waals surface area contributed by atoms with Gasteiger partial charge in [-0.1, -0.05) is 0 Å². The number of amides is 1. The molecule has 0 aliphatic rings. The van der Waals surface area contributed by atoms with E-state index in [9.17, 15) is 9.59 Å². The van der Waals surface area contributed by atoms with E-state index in [-0.39, 0.29) is 11.9 Å². The van der Waals surface area contributed by atoms with Gasteiger partial charge < -0.3 is 15.0 Å². The van der Waals surface area contributed by atoms with Crippen LogP contribution in [0.2, 0.25) is 0 Å². The largest absolute Gasteiger partial charge is 0.480 e. The van der Waals surface area contributed by atoms with E-state index in [1.54, 1.807) is 6.07 Å². The van der Waals surface area contributed by atoms with Crippen molar-refractivity contribution in [3.8, 4) is 0 Å². The summed E-state index contributed by atoms with van der Waals surface area (Å²) in [5.41, 5.74) is 2.39. The summed E-state index contributed by atoms with van der Waals surface area (Å²) >= 11 is 0. The molecular formula is C13H20N2O3. The Labute approximate surface area is 107 Å². The summed E-state index contributed by atoms with van der Waals surface area (Å²) in [5.74, 6) is -1.38. The molecule has 0 radical (unpaired) electrons. The van der Waals surface area contributed by atoms with Gasteiger partial charge in [0.25, 0.3) is 5.91 Å². The summed E-state index contributed by atoms with van der Waals surface area (Å²) in [7, 11) is 0. The first kappa shape index (κ1) is 14.3. The molecule has 1 rings (SSSR count). The number of hydrogen-bond donors (Lipinski definition) is 2. The third kappa shape index (κ3) is 2.72. The van der Waals surface area contributed by atoms with Gasteiger partial charge in [-0.15, -0.1) is 0 Å². The second-order valence-electron chi connectivity index (χ2n) is 4.78. The molecule has 1 aromatic rings. The molecule has 5 nitrogen and oxygen atoms in total. The third-order valence-electron chi connectivity index (χ3n) is 2.96. The maximum Gasteiger partial charge on any atom is 0.325 e. The molecule has 2 N–H and O–H groups in total. The molecule has 1 heterocycles. The Morgan fingerprint density at radius 1 is 1.28 bits per heavy atom. The summed E-state index contributed by atoms with van der Waals surface area (Å²) in [5, 5.41) is 11.2. The fourth-order valence-corrected chi connectivity index (χ4v) is 2.14. The van der Waals surface area contributed by atoms with Crippen LogP contribution in [-0.4, -0.2) is 27.6 Å². The van der Waals surface area contributed by atoms with Gasteiger partial charge >= 0.3 is 5.97 Å². The van der Waals surface area contributed by atoms with E-state index in [1.165, 1.54) is 6.92 Å². The number of carbonyl (C=O) groups excluding carboxylic acids is 1. The Morgan fingerprint density at radius 2 is 1.83 bits per heavy atom. The van der Waals surface area contributed by atoms with Crippen molar-refractivity contribution < 1.29 is 14.7 Å². The van der Waals surface area contributed by atoms with Crippen molar-refractivity contribution in [2.45, 2.75) is 46.7 Å². The Balaban J connectivity index is 3.01. The lowest BCUT2D eigenvalue weighted by Crippen LogP contribution is -2.38. The monoisotopic (exact) mass is 252 g/mol. The summed E-state index contributed by atoms with van der Waals surface area (Å²) in [4.78, 5) is 22.7. The molecule has 1 atom stereocenters. The summed E-state index contributed by atoms with van der Waals surface area (Å²) in [6, 6.07) is 1.17. The molecule has 0 aliphatic heterocycles. The average Bonchev–Trinajstić information content (AvgIpc) is 2.53. The first-order chi connectivity index (χ1) is 8.25. The molecule has 0 aliphatic carbocycles. The normalized spacial score (nSPS) is 12.6. The van der Waals surface area contributed by atoms with Crippen LogP contribution in [0, 0.1) is 13.8 Å². The van der Waals surface area contributed by atoms with Gasteiger partial charge in [-0.25, -0.2) is 0 Å². The highest BCUT2D eigenvalue weighted by Gasteiger charge is 2.20. The number of aromatic nitrogens is 1. The number of nitrogens with zero attached hydrogens (tertiary/aromatic N) is 1. The number of aryl methyl sites for hydroxylation is 1. The van der Waals surface area contributed by atoms with Crippen LogP contribution in [0.15, 0.2) is 6.07 Å². The zero-order valence-corrected chi connectivity index (χ0v) is 11.4. The van der Waals surface area contributed by atoms with Gasteiger partial charge in [-0.05, 0) is 40.7 Å². The van der Waals surface area contributed by atoms with Crippen molar-refractivity contribution in [3.05, 3.63) is 23.0 Å². The van der Waals surface area contributed by atoms with Gasteiger partial charge in [-0.3, -0.25) is 9.59 Å². The van der Waals surface area contributed by atoms with Crippen LogP contribution in [0.5, 0.6) is 0 Å². The second-order valence-corrected chi connectivity index (χ2v) is 4.78.